The summed E-state index contributed by atoms with van der Waals surface area (Å²) < 4.78 is 5.74. The van der Waals surface area contributed by atoms with Crippen LogP contribution in [0.25, 0.3) is 0 Å². The molecule has 0 aromatic heterocycles. The van der Waals surface area contributed by atoms with Gasteiger partial charge in [0, 0.05) is 19.0 Å². The monoisotopic (exact) mass is 290 g/mol. The van der Waals surface area contributed by atoms with Gasteiger partial charge in [-0.1, -0.05) is 12.1 Å². The second-order valence-electron chi connectivity index (χ2n) is 6.01. The van der Waals surface area contributed by atoms with E-state index in [0.29, 0.717) is 12.3 Å². The van der Waals surface area contributed by atoms with E-state index in [1.165, 1.54) is 0 Å². The van der Waals surface area contributed by atoms with Crippen LogP contribution >= 0.6 is 0 Å². The molecule has 0 saturated carbocycles. The van der Waals surface area contributed by atoms with Crippen molar-refractivity contribution in [2.24, 2.45) is 0 Å². The molecule has 0 spiro atoms. The maximum atomic E-state index is 12.5. The van der Waals surface area contributed by atoms with Gasteiger partial charge >= 0.3 is 0 Å². The first-order valence-electron chi connectivity index (χ1n) is 7.20. The van der Waals surface area contributed by atoms with Crippen LogP contribution in [0.4, 0.5) is 5.69 Å². The Hall–Kier alpha value is -2.04. The van der Waals surface area contributed by atoms with E-state index in [1.54, 1.807) is 18.7 Å². The minimum atomic E-state index is -0.914. The maximum Gasteiger partial charge on any atom is 0.270 e. The van der Waals surface area contributed by atoms with E-state index < -0.39 is 5.60 Å². The van der Waals surface area contributed by atoms with Crippen molar-refractivity contribution in [3.05, 3.63) is 24.3 Å². The third-order valence-corrected chi connectivity index (χ3v) is 3.29. The highest BCUT2D eigenvalue weighted by Crippen LogP contribution is 2.37. The van der Waals surface area contributed by atoms with Crippen LogP contribution in [0.1, 0.15) is 34.1 Å². The van der Waals surface area contributed by atoms with Crippen LogP contribution in [0.3, 0.4) is 0 Å². The van der Waals surface area contributed by atoms with Crippen molar-refractivity contribution in [1.82, 2.24) is 5.32 Å². The van der Waals surface area contributed by atoms with Crippen molar-refractivity contribution in [2.45, 2.75) is 45.8 Å². The van der Waals surface area contributed by atoms with Crippen molar-refractivity contribution in [3.63, 3.8) is 0 Å². The Morgan fingerprint density at radius 1 is 1.33 bits per heavy atom. The molecule has 0 unspecified atom stereocenters. The molecule has 0 saturated heterocycles. The highest BCUT2D eigenvalue weighted by atomic mass is 16.5. The molecule has 5 nitrogen and oxygen atoms in total. The zero-order valence-corrected chi connectivity index (χ0v) is 13.0. The van der Waals surface area contributed by atoms with Crippen LogP contribution < -0.4 is 15.0 Å². The predicted octanol–water partition coefficient (Wildman–Crippen LogP) is 2.11. The van der Waals surface area contributed by atoms with Crippen molar-refractivity contribution < 1.29 is 14.3 Å². The first kappa shape index (κ1) is 15.4. The zero-order chi connectivity index (χ0) is 15.6. The van der Waals surface area contributed by atoms with Crippen molar-refractivity contribution in [3.8, 4) is 5.75 Å². The van der Waals surface area contributed by atoms with Gasteiger partial charge in [0.25, 0.3) is 5.91 Å². The molecule has 1 aliphatic rings. The first-order valence-corrected chi connectivity index (χ1v) is 7.20. The lowest BCUT2D eigenvalue weighted by molar-refractivity contribution is -0.132. The Labute approximate surface area is 125 Å². The summed E-state index contributed by atoms with van der Waals surface area (Å²) in [7, 11) is 0. The summed E-state index contributed by atoms with van der Waals surface area (Å²) >= 11 is 0. The van der Waals surface area contributed by atoms with Crippen LogP contribution in [-0.4, -0.2) is 30.0 Å². The maximum absolute atomic E-state index is 12.5. The molecule has 114 valence electrons. The fourth-order valence-electron chi connectivity index (χ4n) is 2.35. The number of carbonyl (C=O) groups is 2. The lowest BCUT2D eigenvalue weighted by Gasteiger charge is -2.38. The number of para-hydroxylation sites is 2. The standard InChI is InChI=1S/C16H22N2O3/c1-11(2)17-14(19)9-10-18-12-7-5-6-8-13(12)21-16(3,4)15(18)20/h5-8,11H,9-10H2,1-4H3,(H,17,19). The number of nitrogens with zero attached hydrogens (tertiary/aromatic N) is 1. The van der Waals surface area contributed by atoms with Gasteiger partial charge in [-0.05, 0) is 39.8 Å². The Morgan fingerprint density at radius 3 is 2.67 bits per heavy atom. The average molecular weight is 290 g/mol. The summed E-state index contributed by atoms with van der Waals surface area (Å²) in [5.74, 6) is 0.490. The smallest absolute Gasteiger partial charge is 0.270 e. The summed E-state index contributed by atoms with van der Waals surface area (Å²) in [6.45, 7) is 7.66. The molecule has 0 atom stereocenters. The topological polar surface area (TPSA) is 58.6 Å². The number of carbonyl (C=O) groups excluding carboxylic acids is 2. The second kappa shape index (κ2) is 5.76. The molecule has 1 aromatic carbocycles. The summed E-state index contributed by atoms with van der Waals surface area (Å²) in [5, 5.41) is 2.83. The highest BCUT2D eigenvalue weighted by molar-refractivity contribution is 6.02. The number of anilines is 1. The van der Waals surface area contributed by atoms with Gasteiger partial charge in [0.1, 0.15) is 5.75 Å². The normalized spacial score (nSPS) is 16.4. The summed E-state index contributed by atoms with van der Waals surface area (Å²) in [6.07, 6.45) is 0.272. The Morgan fingerprint density at radius 2 is 2.00 bits per heavy atom. The van der Waals surface area contributed by atoms with Crippen molar-refractivity contribution in [2.75, 3.05) is 11.4 Å². The lowest BCUT2D eigenvalue weighted by atomic mass is 10.0. The van der Waals surface area contributed by atoms with Crippen LogP contribution in [0, 0.1) is 0 Å². The van der Waals surface area contributed by atoms with E-state index in [4.69, 9.17) is 4.74 Å². The number of benzene rings is 1. The molecule has 5 heteroatoms. The largest absolute Gasteiger partial charge is 0.476 e. The van der Waals surface area contributed by atoms with E-state index in [-0.39, 0.29) is 24.3 Å². The molecule has 0 radical (unpaired) electrons. The van der Waals surface area contributed by atoms with Gasteiger partial charge in [-0.3, -0.25) is 9.59 Å². The third-order valence-electron chi connectivity index (χ3n) is 3.29. The van der Waals surface area contributed by atoms with E-state index in [1.807, 2.05) is 38.1 Å². The van der Waals surface area contributed by atoms with Gasteiger partial charge in [-0.15, -0.1) is 0 Å². The molecule has 21 heavy (non-hydrogen) atoms. The number of fused-ring (bicyclic) bond motifs is 1. The minimum absolute atomic E-state index is 0.0559. The van der Waals surface area contributed by atoms with Crippen LogP contribution in [0.5, 0.6) is 5.75 Å². The zero-order valence-electron chi connectivity index (χ0n) is 13.0. The fraction of sp³-hybridized carbons (Fsp3) is 0.500. The SMILES string of the molecule is CC(C)NC(=O)CCN1C(=O)C(C)(C)Oc2ccccc21. The quantitative estimate of drug-likeness (QED) is 0.924. The molecule has 2 amide bonds. The highest BCUT2D eigenvalue weighted by Gasteiger charge is 2.40. The van der Waals surface area contributed by atoms with E-state index >= 15 is 0 Å². The molecule has 0 bridgehead atoms. The number of nitrogens with one attached hydrogen (secondary N) is 1. The van der Waals surface area contributed by atoms with Gasteiger partial charge in [0.05, 0.1) is 5.69 Å². The number of hydrogen-bond donors (Lipinski definition) is 1. The van der Waals surface area contributed by atoms with Crippen LogP contribution in [0.15, 0.2) is 24.3 Å². The van der Waals surface area contributed by atoms with E-state index in [9.17, 15) is 9.59 Å². The molecular weight excluding hydrogens is 268 g/mol. The molecule has 0 aliphatic carbocycles. The van der Waals surface area contributed by atoms with Crippen LogP contribution in [0.2, 0.25) is 0 Å². The van der Waals surface area contributed by atoms with Gasteiger partial charge < -0.3 is 15.0 Å². The van der Waals surface area contributed by atoms with Crippen molar-refractivity contribution in [1.29, 1.82) is 0 Å². The Bertz CT molecular complexity index is 552. The van der Waals surface area contributed by atoms with Gasteiger partial charge in [-0.25, -0.2) is 0 Å². The molecule has 0 fully saturated rings. The number of ether oxygens (including phenoxy) is 1. The average Bonchev–Trinajstić information content (AvgIpc) is 2.38. The molecule has 1 N–H and O–H groups in total. The van der Waals surface area contributed by atoms with Gasteiger partial charge in [0.15, 0.2) is 5.60 Å². The molecular formula is C16H22N2O3. The third kappa shape index (κ3) is 3.35. The minimum Gasteiger partial charge on any atom is -0.476 e. The number of rotatable bonds is 4. The van der Waals surface area contributed by atoms with E-state index in [0.717, 1.165) is 5.69 Å². The molecule has 2 rings (SSSR count). The summed E-state index contributed by atoms with van der Waals surface area (Å²) in [6, 6.07) is 7.50. The predicted molar refractivity (Wildman–Crippen MR) is 81.4 cm³/mol. The summed E-state index contributed by atoms with van der Waals surface area (Å²) in [5.41, 5.74) is -0.192. The number of hydrogen-bond acceptors (Lipinski definition) is 3. The summed E-state index contributed by atoms with van der Waals surface area (Å²) in [4.78, 5) is 25.9. The molecule has 1 aliphatic heterocycles. The van der Waals surface area contributed by atoms with Crippen LogP contribution in [-0.2, 0) is 9.59 Å². The second-order valence-corrected chi connectivity index (χ2v) is 6.01. The van der Waals surface area contributed by atoms with E-state index in [2.05, 4.69) is 5.32 Å². The Kier molecular flexibility index (Phi) is 4.21. The Balaban J connectivity index is 2.17. The van der Waals surface area contributed by atoms with Crippen molar-refractivity contribution >= 4 is 17.5 Å². The number of amides is 2. The van der Waals surface area contributed by atoms with Gasteiger partial charge in [0.2, 0.25) is 5.91 Å². The lowest BCUT2D eigenvalue weighted by Crippen LogP contribution is -2.53. The fourth-order valence-corrected chi connectivity index (χ4v) is 2.35. The van der Waals surface area contributed by atoms with Gasteiger partial charge in [-0.2, -0.15) is 0 Å². The molecule has 1 aromatic rings. The first-order chi connectivity index (χ1) is 9.81. The molecule has 1 heterocycles.